The second kappa shape index (κ2) is 6.68. The minimum atomic E-state index is -0.0842. The van der Waals surface area contributed by atoms with Gasteiger partial charge in [0, 0.05) is 28.7 Å². The van der Waals surface area contributed by atoms with Gasteiger partial charge >= 0.3 is 0 Å². The standard InChI is InChI=1S/C20H18BrN3O2/c1-12-4-3-5-17(13(12)2)24-11-15(10-18(24)25)20-22-19(23-26-20)14-6-8-16(21)9-7-14/h3-9,15H,10-11H2,1-2H3. The molecule has 1 amide bonds. The van der Waals surface area contributed by atoms with E-state index in [1.165, 1.54) is 5.56 Å². The lowest BCUT2D eigenvalue weighted by Gasteiger charge is -2.19. The zero-order valence-electron chi connectivity index (χ0n) is 14.6. The van der Waals surface area contributed by atoms with Gasteiger partial charge in [-0.15, -0.1) is 0 Å². The Bertz CT molecular complexity index is 965. The predicted molar refractivity (Wildman–Crippen MR) is 103 cm³/mol. The van der Waals surface area contributed by atoms with Gasteiger partial charge in [0.1, 0.15) is 0 Å². The highest BCUT2D eigenvalue weighted by Gasteiger charge is 2.35. The molecule has 1 saturated heterocycles. The van der Waals surface area contributed by atoms with E-state index in [1.54, 1.807) is 0 Å². The van der Waals surface area contributed by atoms with Gasteiger partial charge in [-0.05, 0) is 55.3 Å². The number of hydrogen-bond donors (Lipinski definition) is 0. The molecule has 6 heteroatoms. The summed E-state index contributed by atoms with van der Waals surface area (Å²) in [4.78, 5) is 18.9. The van der Waals surface area contributed by atoms with E-state index in [2.05, 4.69) is 39.1 Å². The van der Waals surface area contributed by atoms with E-state index in [4.69, 9.17) is 4.52 Å². The number of aryl methyl sites for hydroxylation is 1. The van der Waals surface area contributed by atoms with Gasteiger partial charge in [0.05, 0.1) is 5.92 Å². The van der Waals surface area contributed by atoms with Crippen molar-refractivity contribution in [3.63, 3.8) is 0 Å². The number of benzene rings is 2. The average Bonchev–Trinajstić information content (AvgIpc) is 3.25. The Balaban J connectivity index is 1.58. The smallest absolute Gasteiger partial charge is 0.232 e. The van der Waals surface area contributed by atoms with Crippen LogP contribution in [-0.2, 0) is 4.79 Å². The van der Waals surface area contributed by atoms with E-state index >= 15 is 0 Å². The molecule has 4 rings (SSSR count). The lowest BCUT2D eigenvalue weighted by atomic mass is 10.1. The zero-order valence-corrected chi connectivity index (χ0v) is 16.2. The van der Waals surface area contributed by atoms with Crippen LogP contribution in [-0.4, -0.2) is 22.6 Å². The van der Waals surface area contributed by atoms with Crippen molar-refractivity contribution < 1.29 is 9.32 Å². The van der Waals surface area contributed by atoms with E-state index in [1.807, 2.05) is 48.2 Å². The average molecular weight is 412 g/mol. The van der Waals surface area contributed by atoms with Crippen LogP contribution >= 0.6 is 15.9 Å². The van der Waals surface area contributed by atoms with Crippen molar-refractivity contribution in [1.29, 1.82) is 0 Å². The molecule has 1 fully saturated rings. The van der Waals surface area contributed by atoms with Crippen LogP contribution in [0.25, 0.3) is 11.4 Å². The number of carbonyl (C=O) groups excluding carboxylic acids is 1. The summed E-state index contributed by atoms with van der Waals surface area (Å²) in [5, 5.41) is 4.08. The van der Waals surface area contributed by atoms with E-state index in [-0.39, 0.29) is 11.8 Å². The van der Waals surface area contributed by atoms with Crippen LogP contribution in [0.4, 0.5) is 5.69 Å². The fraction of sp³-hybridized carbons (Fsp3) is 0.250. The van der Waals surface area contributed by atoms with Crippen LogP contribution in [0.1, 0.15) is 29.4 Å². The third-order valence-corrected chi connectivity index (χ3v) is 5.41. The Morgan fingerprint density at radius 1 is 1.15 bits per heavy atom. The van der Waals surface area contributed by atoms with Crippen LogP contribution in [0.15, 0.2) is 51.5 Å². The molecule has 2 heterocycles. The molecule has 0 radical (unpaired) electrons. The second-order valence-corrected chi connectivity index (χ2v) is 7.50. The molecule has 1 atom stereocenters. The summed E-state index contributed by atoms with van der Waals surface area (Å²) in [5.41, 5.74) is 4.15. The van der Waals surface area contributed by atoms with E-state index in [9.17, 15) is 4.79 Å². The number of hydrogen-bond acceptors (Lipinski definition) is 4. The van der Waals surface area contributed by atoms with Gasteiger partial charge in [-0.2, -0.15) is 4.98 Å². The fourth-order valence-corrected chi connectivity index (χ4v) is 3.52. The van der Waals surface area contributed by atoms with Crippen molar-refractivity contribution >= 4 is 27.5 Å². The normalized spacial score (nSPS) is 17.1. The van der Waals surface area contributed by atoms with Gasteiger partial charge in [-0.3, -0.25) is 4.79 Å². The van der Waals surface area contributed by atoms with Crippen LogP contribution in [0.3, 0.4) is 0 Å². The van der Waals surface area contributed by atoms with Crippen molar-refractivity contribution in [2.24, 2.45) is 0 Å². The Labute approximate surface area is 160 Å². The first-order valence-electron chi connectivity index (χ1n) is 8.49. The van der Waals surface area contributed by atoms with Crippen molar-refractivity contribution in [2.45, 2.75) is 26.2 Å². The van der Waals surface area contributed by atoms with Crippen LogP contribution < -0.4 is 4.90 Å². The molecule has 1 aliphatic rings. The van der Waals surface area contributed by atoms with Crippen molar-refractivity contribution in [2.75, 3.05) is 11.4 Å². The molecule has 0 spiro atoms. The molecule has 0 N–H and O–H groups in total. The summed E-state index contributed by atoms with van der Waals surface area (Å²) in [6.45, 7) is 4.66. The van der Waals surface area contributed by atoms with Gasteiger partial charge in [-0.25, -0.2) is 0 Å². The first-order valence-corrected chi connectivity index (χ1v) is 9.28. The van der Waals surface area contributed by atoms with Crippen LogP contribution in [0, 0.1) is 13.8 Å². The maximum Gasteiger partial charge on any atom is 0.232 e. The van der Waals surface area contributed by atoms with Crippen LogP contribution in [0.5, 0.6) is 0 Å². The first kappa shape index (κ1) is 17.0. The van der Waals surface area contributed by atoms with Crippen LogP contribution in [0.2, 0.25) is 0 Å². The summed E-state index contributed by atoms with van der Waals surface area (Å²) in [5.74, 6) is 1.07. The van der Waals surface area contributed by atoms with Crippen molar-refractivity contribution in [3.05, 3.63) is 64.0 Å². The lowest BCUT2D eigenvalue weighted by Crippen LogP contribution is -2.25. The largest absolute Gasteiger partial charge is 0.339 e. The van der Waals surface area contributed by atoms with Gasteiger partial charge in [-0.1, -0.05) is 33.2 Å². The Hall–Kier alpha value is -2.47. The molecule has 5 nitrogen and oxygen atoms in total. The number of rotatable bonds is 3. The SMILES string of the molecule is Cc1cccc(N2CC(c3nc(-c4ccc(Br)cc4)no3)CC2=O)c1C. The number of nitrogens with zero attached hydrogens (tertiary/aromatic N) is 3. The molecule has 0 bridgehead atoms. The van der Waals surface area contributed by atoms with E-state index in [0.717, 1.165) is 21.3 Å². The van der Waals surface area contributed by atoms with Crippen molar-refractivity contribution in [1.82, 2.24) is 10.1 Å². The number of carbonyl (C=O) groups is 1. The minimum absolute atomic E-state index is 0.0842. The molecule has 1 aromatic heterocycles. The Morgan fingerprint density at radius 2 is 1.92 bits per heavy atom. The van der Waals surface area contributed by atoms with E-state index < -0.39 is 0 Å². The summed E-state index contributed by atoms with van der Waals surface area (Å²) in [7, 11) is 0. The predicted octanol–water partition coefficient (Wildman–Crippen LogP) is 4.64. The molecular formula is C20H18BrN3O2. The highest BCUT2D eigenvalue weighted by atomic mass is 79.9. The molecular weight excluding hydrogens is 394 g/mol. The Kier molecular flexibility index (Phi) is 4.36. The van der Waals surface area contributed by atoms with Gasteiger partial charge < -0.3 is 9.42 Å². The highest BCUT2D eigenvalue weighted by molar-refractivity contribution is 9.10. The quantitative estimate of drug-likeness (QED) is 0.629. The molecule has 3 aromatic rings. The lowest BCUT2D eigenvalue weighted by molar-refractivity contribution is -0.117. The topological polar surface area (TPSA) is 59.2 Å². The number of halogens is 1. The third kappa shape index (κ3) is 3.05. The minimum Gasteiger partial charge on any atom is -0.339 e. The summed E-state index contributed by atoms with van der Waals surface area (Å²) < 4.78 is 6.46. The molecule has 0 saturated carbocycles. The summed E-state index contributed by atoms with van der Waals surface area (Å²) >= 11 is 3.42. The van der Waals surface area contributed by atoms with E-state index in [0.29, 0.717) is 24.7 Å². The number of aromatic nitrogens is 2. The fourth-order valence-electron chi connectivity index (χ4n) is 3.25. The molecule has 1 unspecified atom stereocenters. The second-order valence-electron chi connectivity index (χ2n) is 6.59. The van der Waals surface area contributed by atoms with Crippen molar-refractivity contribution in [3.8, 4) is 11.4 Å². The van der Waals surface area contributed by atoms with Gasteiger partial charge in [0.2, 0.25) is 17.6 Å². The molecule has 132 valence electrons. The molecule has 26 heavy (non-hydrogen) atoms. The summed E-state index contributed by atoms with van der Waals surface area (Å²) in [6, 6.07) is 13.8. The maximum atomic E-state index is 12.6. The molecule has 1 aliphatic heterocycles. The first-order chi connectivity index (χ1) is 12.5. The zero-order chi connectivity index (χ0) is 18.3. The highest BCUT2D eigenvalue weighted by Crippen LogP contribution is 2.34. The van der Waals surface area contributed by atoms with Gasteiger partial charge in [0.15, 0.2) is 0 Å². The molecule has 2 aromatic carbocycles. The number of anilines is 1. The molecule has 0 aliphatic carbocycles. The Morgan fingerprint density at radius 3 is 2.69 bits per heavy atom. The third-order valence-electron chi connectivity index (χ3n) is 4.89. The van der Waals surface area contributed by atoms with Gasteiger partial charge in [0.25, 0.3) is 0 Å². The monoisotopic (exact) mass is 411 g/mol. The summed E-state index contributed by atoms with van der Waals surface area (Å²) in [6.07, 6.45) is 0.384. The maximum absolute atomic E-state index is 12.6. The number of amides is 1.